The van der Waals surface area contributed by atoms with Gasteiger partial charge in [0.05, 0.1) is 18.1 Å². The van der Waals surface area contributed by atoms with E-state index in [1.165, 1.54) is 5.56 Å². The topological polar surface area (TPSA) is 37.9 Å². The number of thioether (sulfide) groups is 1. The van der Waals surface area contributed by atoms with Gasteiger partial charge in [-0.25, -0.2) is 4.98 Å². The third-order valence-electron chi connectivity index (χ3n) is 2.98. The van der Waals surface area contributed by atoms with Crippen LogP contribution >= 0.6 is 27.7 Å². The number of ether oxygens (including phenoxy) is 1. The minimum Gasteiger partial charge on any atom is -0.497 e. The van der Waals surface area contributed by atoms with Crippen molar-refractivity contribution in [2.24, 2.45) is 0 Å². The highest BCUT2D eigenvalue weighted by Crippen LogP contribution is 2.29. The molecule has 0 aliphatic rings. The van der Waals surface area contributed by atoms with E-state index in [0.717, 1.165) is 32.2 Å². The SMILES string of the molecule is COc1ccc(Br)c(CSc2nc3ccccc3[nH]2)c1. The quantitative estimate of drug-likeness (QED) is 0.698. The second-order valence-corrected chi connectivity index (χ2v) is 6.12. The van der Waals surface area contributed by atoms with Crippen molar-refractivity contribution >= 4 is 38.7 Å². The number of halogens is 1. The highest BCUT2D eigenvalue weighted by molar-refractivity contribution is 9.10. The minimum atomic E-state index is 0.831. The summed E-state index contributed by atoms with van der Waals surface area (Å²) in [6, 6.07) is 14.0. The van der Waals surface area contributed by atoms with Gasteiger partial charge in [-0.05, 0) is 35.9 Å². The number of hydrogen-bond acceptors (Lipinski definition) is 3. The number of para-hydroxylation sites is 2. The van der Waals surface area contributed by atoms with Crippen molar-refractivity contribution in [2.45, 2.75) is 10.9 Å². The number of methoxy groups -OCH3 is 1. The van der Waals surface area contributed by atoms with E-state index >= 15 is 0 Å². The van der Waals surface area contributed by atoms with Crippen LogP contribution in [0.2, 0.25) is 0 Å². The zero-order valence-corrected chi connectivity index (χ0v) is 13.3. The average molecular weight is 349 g/mol. The molecule has 1 N–H and O–H groups in total. The Kier molecular flexibility index (Phi) is 3.98. The highest BCUT2D eigenvalue weighted by Gasteiger charge is 2.06. The number of benzene rings is 2. The first-order chi connectivity index (χ1) is 9.76. The van der Waals surface area contributed by atoms with Crippen molar-refractivity contribution in [1.82, 2.24) is 9.97 Å². The second kappa shape index (κ2) is 5.89. The van der Waals surface area contributed by atoms with Crippen LogP contribution in [0.4, 0.5) is 0 Å². The molecule has 102 valence electrons. The van der Waals surface area contributed by atoms with Crippen LogP contribution < -0.4 is 4.74 Å². The smallest absolute Gasteiger partial charge is 0.166 e. The summed E-state index contributed by atoms with van der Waals surface area (Å²) in [5.74, 6) is 1.70. The van der Waals surface area contributed by atoms with Crippen molar-refractivity contribution in [3.05, 3.63) is 52.5 Å². The van der Waals surface area contributed by atoms with E-state index in [2.05, 4.69) is 25.9 Å². The zero-order valence-electron chi connectivity index (χ0n) is 10.9. The van der Waals surface area contributed by atoms with Crippen molar-refractivity contribution < 1.29 is 4.74 Å². The molecule has 0 amide bonds. The van der Waals surface area contributed by atoms with Crippen LogP contribution in [-0.2, 0) is 5.75 Å². The van der Waals surface area contributed by atoms with Gasteiger partial charge in [0, 0.05) is 10.2 Å². The maximum absolute atomic E-state index is 5.26. The lowest BCUT2D eigenvalue weighted by atomic mass is 10.2. The van der Waals surface area contributed by atoms with E-state index in [0.29, 0.717) is 0 Å². The Hall–Kier alpha value is -1.46. The van der Waals surface area contributed by atoms with E-state index in [1.54, 1.807) is 18.9 Å². The Balaban J connectivity index is 1.79. The maximum atomic E-state index is 5.26. The Labute approximate surface area is 129 Å². The number of rotatable bonds is 4. The van der Waals surface area contributed by atoms with Crippen molar-refractivity contribution in [1.29, 1.82) is 0 Å². The normalized spacial score (nSPS) is 10.9. The van der Waals surface area contributed by atoms with E-state index in [-0.39, 0.29) is 0 Å². The molecular formula is C15H13BrN2OS. The Bertz CT molecular complexity index is 709. The molecule has 0 atom stereocenters. The first-order valence-electron chi connectivity index (χ1n) is 6.16. The van der Waals surface area contributed by atoms with Gasteiger partial charge in [0.2, 0.25) is 0 Å². The molecule has 0 aliphatic heterocycles. The molecule has 0 unspecified atom stereocenters. The Morgan fingerprint density at radius 1 is 1.25 bits per heavy atom. The number of nitrogens with zero attached hydrogens (tertiary/aromatic N) is 1. The lowest BCUT2D eigenvalue weighted by Crippen LogP contribution is -1.88. The third-order valence-corrected chi connectivity index (χ3v) is 4.68. The van der Waals surface area contributed by atoms with Crippen LogP contribution in [-0.4, -0.2) is 17.1 Å². The Morgan fingerprint density at radius 2 is 2.10 bits per heavy atom. The van der Waals surface area contributed by atoms with Gasteiger partial charge in [-0.15, -0.1) is 0 Å². The fraction of sp³-hybridized carbons (Fsp3) is 0.133. The summed E-state index contributed by atoms with van der Waals surface area (Å²) in [6.07, 6.45) is 0. The summed E-state index contributed by atoms with van der Waals surface area (Å²) in [5.41, 5.74) is 3.26. The number of imidazole rings is 1. The fourth-order valence-electron chi connectivity index (χ4n) is 1.93. The third kappa shape index (κ3) is 2.83. The van der Waals surface area contributed by atoms with Gasteiger partial charge in [0.1, 0.15) is 5.75 Å². The lowest BCUT2D eigenvalue weighted by Gasteiger charge is -2.06. The summed E-state index contributed by atoms with van der Waals surface area (Å²) >= 11 is 5.25. The molecule has 2 aromatic carbocycles. The summed E-state index contributed by atoms with van der Waals surface area (Å²) in [5, 5.41) is 0.931. The number of H-pyrrole nitrogens is 1. The van der Waals surface area contributed by atoms with Crippen molar-refractivity contribution in [2.75, 3.05) is 7.11 Å². The van der Waals surface area contributed by atoms with Crippen LogP contribution in [0.3, 0.4) is 0 Å². The van der Waals surface area contributed by atoms with Crippen LogP contribution in [0.15, 0.2) is 52.1 Å². The molecule has 0 aliphatic carbocycles. The van der Waals surface area contributed by atoms with E-state index < -0.39 is 0 Å². The molecule has 0 bridgehead atoms. The minimum absolute atomic E-state index is 0.831. The maximum Gasteiger partial charge on any atom is 0.166 e. The second-order valence-electron chi connectivity index (χ2n) is 4.31. The highest BCUT2D eigenvalue weighted by atomic mass is 79.9. The van der Waals surface area contributed by atoms with Gasteiger partial charge in [-0.2, -0.15) is 0 Å². The van der Waals surface area contributed by atoms with Gasteiger partial charge < -0.3 is 9.72 Å². The zero-order chi connectivity index (χ0) is 13.9. The van der Waals surface area contributed by atoms with Gasteiger partial charge in [-0.1, -0.05) is 39.8 Å². The monoisotopic (exact) mass is 348 g/mol. The molecule has 20 heavy (non-hydrogen) atoms. The molecule has 3 aromatic rings. The van der Waals surface area contributed by atoms with E-state index in [4.69, 9.17) is 4.74 Å². The van der Waals surface area contributed by atoms with E-state index in [1.807, 2.05) is 42.5 Å². The number of fused-ring (bicyclic) bond motifs is 1. The van der Waals surface area contributed by atoms with Crippen LogP contribution in [0, 0.1) is 0 Å². The number of aromatic nitrogens is 2. The lowest BCUT2D eigenvalue weighted by molar-refractivity contribution is 0.414. The van der Waals surface area contributed by atoms with Gasteiger partial charge in [0.25, 0.3) is 0 Å². The summed E-state index contributed by atoms with van der Waals surface area (Å²) in [7, 11) is 1.68. The molecule has 5 heteroatoms. The van der Waals surface area contributed by atoms with Crippen molar-refractivity contribution in [3.63, 3.8) is 0 Å². The predicted molar refractivity (Wildman–Crippen MR) is 86.3 cm³/mol. The summed E-state index contributed by atoms with van der Waals surface area (Å²) in [6.45, 7) is 0. The standard InChI is InChI=1S/C15H13BrN2OS/c1-19-11-6-7-12(16)10(8-11)9-20-15-17-13-4-2-3-5-14(13)18-15/h2-8H,9H2,1H3,(H,17,18). The number of hydrogen-bond donors (Lipinski definition) is 1. The molecule has 0 spiro atoms. The first kappa shape index (κ1) is 13.5. The molecule has 0 saturated heterocycles. The number of nitrogens with one attached hydrogen (secondary N) is 1. The van der Waals surface area contributed by atoms with E-state index in [9.17, 15) is 0 Å². The summed E-state index contributed by atoms with van der Waals surface area (Å²) in [4.78, 5) is 7.88. The van der Waals surface area contributed by atoms with Crippen LogP contribution in [0.1, 0.15) is 5.56 Å². The molecule has 3 nitrogen and oxygen atoms in total. The molecule has 0 fully saturated rings. The molecule has 0 saturated carbocycles. The predicted octanol–water partition coefficient (Wildman–Crippen LogP) is 4.63. The fourth-order valence-corrected chi connectivity index (χ4v) is 3.38. The van der Waals surface area contributed by atoms with Crippen LogP contribution in [0.25, 0.3) is 11.0 Å². The molecule has 3 rings (SSSR count). The number of aromatic amines is 1. The van der Waals surface area contributed by atoms with Crippen molar-refractivity contribution in [3.8, 4) is 5.75 Å². The van der Waals surface area contributed by atoms with Gasteiger partial charge in [-0.3, -0.25) is 0 Å². The van der Waals surface area contributed by atoms with Gasteiger partial charge in [0.15, 0.2) is 5.16 Å². The van der Waals surface area contributed by atoms with Gasteiger partial charge >= 0.3 is 0 Å². The molecule has 1 heterocycles. The Morgan fingerprint density at radius 3 is 2.90 bits per heavy atom. The molecule has 1 aromatic heterocycles. The molecule has 0 radical (unpaired) electrons. The average Bonchev–Trinajstić information content (AvgIpc) is 2.89. The van der Waals surface area contributed by atoms with Crippen LogP contribution in [0.5, 0.6) is 5.75 Å². The largest absolute Gasteiger partial charge is 0.497 e. The first-order valence-corrected chi connectivity index (χ1v) is 7.94. The summed E-state index contributed by atoms with van der Waals surface area (Å²) < 4.78 is 6.34. The molecular weight excluding hydrogens is 336 g/mol.